The zero-order chi connectivity index (χ0) is 20.0. The SMILES string of the molecule is CC[C@@H]1c2cccn2-c2sc3c(c2CN1C(=O)Nc1cccc(Cl)c1)CCCC3. The number of nitrogens with zero attached hydrogens (tertiary/aromatic N) is 2. The van der Waals surface area contributed by atoms with Gasteiger partial charge in [0, 0.05) is 33.0 Å². The van der Waals surface area contributed by atoms with Gasteiger partial charge >= 0.3 is 6.03 Å². The topological polar surface area (TPSA) is 37.3 Å². The first kappa shape index (κ1) is 18.8. The van der Waals surface area contributed by atoms with Crippen molar-refractivity contribution in [1.82, 2.24) is 9.47 Å². The average molecular weight is 426 g/mol. The molecule has 150 valence electrons. The molecular weight excluding hydrogens is 402 g/mol. The van der Waals surface area contributed by atoms with Gasteiger partial charge in [-0.15, -0.1) is 11.3 Å². The van der Waals surface area contributed by atoms with E-state index in [1.807, 2.05) is 34.4 Å². The van der Waals surface area contributed by atoms with Crippen LogP contribution in [0.2, 0.25) is 5.02 Å². The first-order valence-corrected chi connectivity index (χ1v) is 11.5. The van der Waals surface area contributed by atoms with Crippen LogP contribution in [0.1, 0.15) is 53.9 Å². The van der Waals surface area contributed by atoms with Gasteiger partial charge in [0.05, 0.1) is 12.6 Å². The predicted octanol–water partition coefficient (Wildman–Crippen LogP) is 6.57. The molecule has 1 atom stereocenters. The van der Waals surface area contributed by atoms with Crippen molar-refractivity contribution >= 4 is 34.7 Å². The van der Waals surface area contributed by atoms with Crippen LogP contribution in [0.15, 0.2) is 42.6 Å². The third-order valence-corrected chi connectivity index (χ3v) is 7.60. The Balaban J connectivity index is 1.57. The van der Waals surface area contributed by atoms with E-state index in [1.54, 1.807) is 6.07 Å². The molecule has 0 fully saturated rings. The Hall–Kier alpha value is -2.24. The Morgan fingerprint density at radius 2 is 2.07 bits per heavy atom. The van der Waals surface area contributed by atoms with Crippen LogP contribution in [0, 0.1) is 0 Å². The van der Waals surface area contributed by atoms with Gasteiger partial charge in [0.25, 0.3) is 0 Å². The Morgan fingerprint density at radius 1 is 1.21 bits per heavy atom. The van der Waals surface area contributed by atoms with Crippen molar-refractivity contribution in [3.05, 3.63) is 69.3 Å². The fourth-order valence-corrected chi connectivity index (χ4v) is 6.26. The molecule has 4 nitrogen and oxygen atoms in total. The number of nitrogens with one attached hydrogen (secondary N) is 1. The molecule has 0 unspecified atom stereocenters. The number of carbonyl (C=O) groups excluding carboxylic acids is 1. The van der Waals surface area contributed by atoms with Gasteiger partial charge < -0.3 is 14.8 Å². The third kappa shape index (κ3) is 3.26. The highest BCUT2D eigenvalue weighted by Gasteiger charge is 2.34. The molecule has 6 heteroatoms. The van der Waals surface area contributed by atoms with Crippen molar-refractivity contribution < 1.29 is 4.79 Å². The molecule has 0 saturated carbocycles. The molecule has 1 aromatic carbocycles. The Bertz CT molecular complexity index is 1070. The highest BCUT2D eigenvalue weighted by atomic mass is 35.5. The van der Waals surface area contributed by atoms with Crippen molar-refractivity contribution in [2.45, 2.75) is 51.6 Å². The molecule has 3 heterocycles. The number of fused-ring (bicyclic) bond motifs is 5. The molecular formula is C23H24ClN3OS. The zero-order valence-corrected chi connectivity index (χ0v) is 18.0. The standard InChI is InChI=1S/C23H24ClN3OS/c1-2-19-20-10-6-12-26(20)22-18(17-9-3-4-11-21(17)29-22)14-27(19)23(28)25-16-8-5-7-15(24)13-16/h5-8,10,12-13,19H,2-4,9,11,14H2,1H3,(H,25,28)/t19-/m1/s1. The first-order chi connectivity index (χ1) is 14.2. The minimum atomic E-state index is -0.0736. The smallest absolute Gasteiger partial charge is 0.312 e. The quantitative estimate of drug-likeness (QED) is 0.495. The van der Waals surface area contributed by atoms with Gasteiger partial charge in [-0.05, 0) is 68.0 Å². The van der Waals surface area contributed by atoms with Crippen LogP contribution in [0.25, 0.3) is 5.00 Å². The van der Waals surface area contributed by atoms with E-state index >= 15 is 0 Å². The summed E-state index contributed by atoms with van der Waals surface area (Å²) in [6, 6.07) is 11.5. The summed E-state index contributed by atoms with van der Waals surface area (Å²) in [6.45, 7) is 2.80. The molecule has 3 aromatic rings. The number of aryl methyl sites for hydroxylation is 1. The van der Waals surface area contributed by atoms with E-state index in [2.05, 4.69) is 35.1 Å². The second-order valence-electron chi connectivity index (χ2n) is 7.79. The molecule has 0 bridgehead atoms. The number of carbonyl (C=O) groups is 1. The average Bonchev–Trinajstić information content (AvgIpc) is 3.30. The highest BCUT2D eigenvalue weighted by molar-refractivity contribution is 7.15. The minimum absolute atomic E-state index is 0.0306. The molecule has 1 aliphatic carbocycles. The summed E-state index contributed by atoms with van der Waals surface area (Å²) in [5, 5.41) is 4.99. The largest absolute Gasteiger partial charge is 0.322 e. The molecule has 1 aliphatic heterocycles. The van der Waals surface area contributed by atoms with E-state index in [4.69, 9.17) is 11.6 Å². The molecule has 2 amide bonds. The summed E-state index contributed by atoms with van der Waals surface area (Å²) >= 11 is 8.03. The number of urea groups is 1. The van der Waals surface area contributed by atoms with Crippen molar-refractivity contribution in [1.29, 1.82) is 0 Å². The van der Waals surface area contributed by atoms with Crippen LogP contribution in [-0.4, -0.2) is 15.5 Å². The third-order valence-electron chi connectivity index (χ3n) is 6.03. The number of aromatic nitrogens is 1. The summed E-state index contributed by atoms with van der Waals surface area (Å²) < 4.78 is 2.32. The number of halogens is 1. The fraction of sp³-hybridized carbons (Fsp3) is 0.348. The highest BCUT2D eigenvalue weighted by Crippen LogP contribution is 2.43. The van der Waals surface area contributed by atoms with E-state index in [0.717, 1.165) is 24.9 Å². The molecule has 5 rings (SSSR count). The van der Waals surface area contributed by atoms with Crippen molar-refractivity contribution in [2.24, 2.45) is 0 Å². The lowest BCUT2D eigenvalue weighted by Crippen LogP contribution is -2.37. The maximum atomic E-state index is 13.4. The molecule has 2 aliphatic rings. The second-order valence-corrected chi connectivity index (χ2v) is 9.31. The first-order valence-electron chi connectivity index (χ1n) is 10.3. The summed E-state index contributed by atoms with van der Waals surface area (Å²) in [4.78, 5) is 16.9. The van der Waals surface area contributed by atoms with Gasteiger partial charge in [-0.1, -0.05) is 24.6 Å². The van der Waals surface area contributed by atoms with E-state index in [0.29, 0.717) is 11.6 Å². The van der Waals surface area contributed by atoms with E-state index in [1.165, 1.54) is 39.5 Å². The van der Waals surface area contributed by atoms with Crippen LogP contribution in [0.4, 0.5) is 10.5 Å². The second kappa shape index (κ2) is 7.54. The van der Waals surface area contributed by atoms with Crippen molar-refractivity contribution in [2.75, 3.05) is 5.32 Å². The Kier molecular flexibility index (Phi) is 4.88. The van der Waals surface area contributed by atoms with E-state index in [9.17, 15) is 4.79 Å². The fourth-order valence-electron chi connectivity index (χ4n) is 4.67. The van der Waals surface area contributed by atoms with Crippen LogP contribution in [0.5, 0.6) is 0 Å². The van der Waals surface area contributed by atoms with Gasteiger partial charge in [-0.2, -0.15) is 0 Å². The number of anilines is 1. The molecule has 0 saturated heterocycles. The molecule has 29 heavy (non-hydrogen) atoms. The van der Waals surface area contributed by atoms with E-state index in [-0.39, 0.29) is 12.1 Å². The summed E-state index contributed by atoms with van der Waals surface area (Å²) in [7, 11) is 0. The molecule has 0 spiro atoms. The monoisotopic (exact) mass is 425 g/mol. The van der Waals surface area contributed by atoms with E-state index < -0.39 is 0 Å². The summed E-state index contributed by atoms with van der Waals surface area (Å²) in [5.41, 5.74) is 4.73. The Morgan fingerprint density at radius 3 is 2.90 bits per heavy atom. The van der Waals surface area contributed by atoms with Gasteiger partial charge in [0.1, 0.15) is 5.00 Å². The van der Waals surface area contributed by atoms with Crippen LogP contribution >= 0.6 is 22.9 Å². The lowest BCUT2D eigenvalue weighted by Gasteiger charge is -2.30. The number of hydrogen-bond acceptors (Lipinski definition) is 2. The molecule has 2 aromatic heterocycles. The summed E-state index contributed by atoms with van der Waals surface area (Å²) in [5.74, 6) is 0. The summed E-state index contributed by atoms with van der Waals surface area (Å²) in [6.07, 6.45) is 7.80. The molecule has 0 radical (unpaired) electrons. The molecule has 1 N–H and O–H groups in total. The van der Waals surface area contributed by atoms with Gasteiger partial charge in [-0.25, -0.2) is 4.79 Å². The number of benzene rings is 1. The predicted molar refractivity (Wildman–Crippen MR) is 119 cm³/mol. The number of thiophene rings is 1. The zero-order valence-electron chi connectivity index (χ0n) is 16.5. The van der Waals surface area contributed by atoms with Crippen molar-refractivity contribution in [3.63, 3.8) is 0 Å². The van der Waals surface area contributed by atoms with Gasteiger partial charge in [0.15, 0.2) is 0 Å². The maximum absolute atomic E-state index is 13.4. The van der Waals surface area contributed by atoms with Crippen molar-refractivity contribution in [3.8, 4) is 5.00 Å². The number of rotatable bonds is 2. The van der Waals surface area contributed by atoms with Gasteiger partial charge in [-0.3, -0.25) is 0 Å². The van der Waals surface area contributed by atoms with Gasteiger partial charge in [0.2, 0.25) is 0 Å². The lowest BCUT2D eigenvalue weighted by molar-refractivity contribution is 0.181. The van der Waals surface area contributed by atoms with Crippen LogP contribution < -0.4 is 5.32 Å². The minimum Gasteiger partial charge on any atom is -0.312 e. The van der Waals surface area contributed by atoms with Crippen LogP contribution in [0.3, 0.4) is 0 Å². The number of hydrogen-bond donors (Lipinski definition) is 1. The lowest BCUT2D eigenvalue weighted by atomic mass is 9.95. The number of amides is 2. The van der Waals surface area contributed by atoms with Crippen LogP contribution in [-0.2, 0) is 19.4 Å². The maximum Gasteiger partial charge on any atom is 0.322 e. The normalized spacial score (nSPS) is 17.9. The Labute approximate surface area is 180 Å².